The fourth-order valence-electron chi connectivity index (χ4n) is 5.42. The van der Waals surface area contributed by atoms with Crippen LogP contribution in [0.15, 0.2) is 65.9 Å². The summed E-state index contributed by atoms with van der Waals surface area (Å²) < 4.78 is 0. The first kappa shape index (κ1) is 35.8. The number of nitrogens with two attached hydrogens (primary N) is 3. The molecule has 0 saturated heterocycles. The summed E-state index contributed by atoms with van der Waals surface area (Å²) in [6, 6.07) is 10.6. The van der Waals surface area contributed by atoms with E-state index in [1.165, 1.54) is 0 Å². The number of hydrogen-bond acceptors (Lipinski definition) is 7. The van der Waals surface area contributed by atoms with Crippen molar-refractivity contribution in [1.82, 2.24) is 25.9 Å². The van der Waals surface area contributed by atoms with Crippen LogP contribution < -0.4 is 33.2 Å². The molecule has 3 amide bonds. The number of rotatable bonds is 18. The van der Waals surface area contributed by atoms with E-state index in [1.54, 1.807) is 24.2 Å². The predicted octanol–water partition coefficient (Wildman–Crippen LogP) is 1.11. The monoisotopic (exact) mass is 677 g/mol. The van der Waals surface area contributed by atoms with Crippen LogP contribution in [0.1, 0.15) is 30.4 Å². The second-order valence-electron chi connectivity index (χ2n) is 11.5. The first-order valence-electron chi connectivity index (χ1n) is 15.6. The molecule has 0 spiro atoms. The van der Waals surface area contributed by atoms with Crippen LogP contribution in [0.2, 0.25) is 0 Å². The number of fused-ring (bicyclic) bond motifs is 2. The van der Waals surface area contributed by atoms with Crippen molar-refractivity contribution in [2.24, 2.45) is 22.2 Å². The number of thioether (sulfide) groups is 1. The highest BCUT2D eigenvalue weighted by Crippen LogP contribution is 2.21. The van der Waals surface area contributed by atoms with E-state index in [0.717, 1.165) is 27.4 Å². The maximum Gasteiger partial charge on any atom is 0.326 e. The molecule has 2 heterocycles. The molecule has 48 heavy (non-hydrogen) atoms. The number of hydrogen-bond donors (Lipinski definition) is 9. The number of benzene rings is 2. The highest BCUT2D eigenvalue weighted by molar-refractivity contribution is 7.98. The number of aliphatic imine (C=N–C) groups is 1. The first-order chi connectivity index (χ1) is 23.1. The zero-order valence-corrected chi connectivity index (χ0v) is 27.5. The third-order valence-corrected chi connectivity index (χ3v) is 8.64. The Balaban J connectivity index is 1.56. The third-order valence-electron chi connectivity index (χ3n) is 7.99. The number of aliphatic carboxylic acids is 1. The third kappa shape index (κ3) is 9.75. The lowest BCUT2D eigenvalue weighted by Crippen LogP contribution is -2.57. The van der Waals surface area contributed by atoms with Gasteiger partial charge in [0.25, 0.3) is 0 Å². The summed E-state index contributed by atoms with van der Waals surface area (Å²) >= 11 is 1.55. The largest absolute Gasteiger partial charge is 0.480 e. The lowest BCUT2D eigenvalue weighted by Gasteiger charge is -2.25. The Morgan fingerprint density at radius 2 is 1.31 bits per heavy atom. The van der Waals surface area contributed by atoms with Crippen molar-refractivity contribution in [2.45, 2.75) is 56.3 Å². The Bertz CT molecular complexity index is 1750. The van der Waals surface area contributed by atoms with Crippen LogP contribution in [-0.2, 0) is 32.0 Å². The SMILES string of the molecule is CSCC[C@H](N)C(=O)N[C@@H](Cc1c[nH]c2ccccc12)C(=O)N[C@@H](CCCN=C(N)N)C(=O)N[C@@H](Cc1c[nH]c2ccccc12)C(=O)O. The molecule has 0 aliphatic heterocycles. The number of carboxylic acids is 1. The van der Waals surface area contributed by atoms with Crippen molar-refractivity contribution in [3.8, 4) is 0 Å². The van der Waals surface area contributed by atoms with Crippen molar-refractivity contribution in [3.63, 3.8) is 0 Å². The molecule has 4 atom stereocenters. The van der Waals surface area contributed by atoms with E-state index < -0.39 is 47.9 Å². The van der Waals surface area contributed by atoms with Crippen LogP contribution in [0.25, 0.3) is 21.8 Å². The number of para-hydroxylation sites is 2. The molecule has 0 aliphatic rings. The average Bonchev–Trinajstić information content (AvgIpc) is 3.67. The molecule has 2 aromatic carbocycles. The number of guanidine groups is 1. The van der Waals surface area contributed by atoms with Crippen LogP contribution in [0.4, 0.5) is 0 Å². The quantitative estimate of drug-likeness (QED) is 0.0415. The van der Waals surface area contributed by atoms with E-state index in [-0.39, 0.29) is 31.8 Å². The lowest BCUT2D eigenvalue weighted by molar-refractivity contribution is -0.142. The molecule has 12 N–H and O–H groups in total. The van der Waals surface area contributed by atoms with Gasteiger partial charge in [-0.1, -0.05) is 36.4 Å². The molecule has 0 aliphatic carbocycles. The maximum absolute atomic E-state index is 13.9. The zero-order chi connectivity index (χ0) is 34.6. The number of nitrogens with one attached hydrogen (secondary N) is 5. The van der Waals surface area contributed by atoms with Gasteiger partial charge in [0.2, 0.25) is 17.7 Å². The lowest BCUT2D eigenvalue weighted by atomic mass is 10.0. The summed E-state index contributed by atoms with van der Waals surface area (Å²) in [6.45, 7) is 0.180. The number of carboxylic acid groups (broad SMARTS) is 1. The van der Waals surface area contributed by atoms with Crippen LogP contribution in [0, 0.1) is 0 Å². The van der Waals surface area contributed by atoms with Gasteiger partial charge < -0.3 is 48.2 Å². The number of carbonyl (C=O) groups is 4. The predicted molar refractivity (Wildman–Crippen MR) is 188 cm³/mol. The molecule has 0 saturated carbocycles. The highest BCUT2D eigenvalue weighted by Gasteiger charge is 2.31. The average molecular weight is 678 g/mol. The molecular weight excluding hydrogens is 634 g/mol. The Morgan fingerprint density at radius 3 is 1.88 bits per heavy atom. The summed E-state index contributed by atoms with van der Waals surface area (Å²) in [4.78, 5) is 63.2. The van der Waals surface area contributed by atoms with E-state index in [9.17, 15) is 24.3 Å². The highest BCUT2D eigenvalue weighted by atomic mass is 32.2. The molecule has 2 aromatic heterocycles. The van der Waals surface area contributed by atoms with E-state index in [4.69, 9.17) is 17.2 Å². The van der Waals surface area contributed by atoms with E-state index >= 15 is 0 Å². The van der Waals surface area contributed by atoms with E-state index in [1.807, 2.05) is 54.8 Å². The molecule has 15 heteroatoms. The van der Waals surface area contributed by atoms with Gasteiger partial charge in [-0.2, -0.15) is 11.8 Å². The zero-order valence-electron chi connectivity index (χ0n) is 26.7. The van der Waals surface area contributed by atoms with Crippen LogP contribution >= 0.6 is 11.8 Å². The van der Waals surface area contributed by atoms with Gasteiger partial charge in [0.15, 0.2) is 5.96 Å². The van der Waals surface area contributed by atoms with Gasteiger partial charge in [0.05, 0.1) is 6.04 Å². The normalized spacial score (nSPS) is 13.7. The Labute approximate surface area is 282 Å². The molecule has 0 fully saturated rings. The molecule has 4 aromatic rings. The van der Waals surface area contributed by atoms with Crippen molar-refractivity contribution < 1.29 is 24.3 Å². The summed E-state index contributed by atoms with van der Waals surface area (Å²) in [5, 5.41) is 19.9. The summed E-state index contributed by atoms with van der Waals surface area (Å²) in [5.74, 6) is -2.52. The fraction of sp³-hybridized carbons (Fsp3) is 0.364. The van der Waals surface area contributed by atoms with Gasteiger partial charge in [-0.3, -0.25) is 19.4 Å². The van der Waals surface area contributed by atoms with E-state index in [0.29, 0.717) is 24.2 Å². The Kier molecular flexibility index (Phi) is 12.9. The smallest absolute Gasteiger partial charge is 0.326 e. The second kappa shape index (κ2) is 17.2. The van der Waals surface area contributed by atoms with Gasteiger partial charge in [-0.05, 0) is 54.5 Å². The van der Waals surface area contributed by atoms with Gasteiger partial charge in [0, 0.05) is 53.6 Å². The van der Waals surface area contributed by atoms with Gasteiger partial charge in [-0.25, -0.2) is 4.79 Å². The molecule has 0 unspecified atom stereocenters. The molecule has 0 bridgehead atoms. The van der Waals surface area contributed by atoms with Crippen LogP contribution in [0.3, 0.4) is 0 Å². The number of H-pyrrole nitrogens is 2. The van der Waals surface area contributed by atoms with Gasteiger partial charge in [0.1, 0.15) is 18.1 Å². The van der Waals surface area contributed by atoms with E-state index in [2.05, 4.69) is 30.9 Å². The van der Waals surface area contributed by atoms with Crippen molar-refractivity contribution >= 4 is 63.2 Å². The number of amides is 3. The topological polar surface area (TPSA) is 247 Å². The molecular formula is C33H43N9O5S. The van der Waals surface area contributed by atoms with Crippen molar-refractivity contribution in [1.29, 1.82) is 0 Å². The second-order valence-corrected chi connectivity index (χ2v) is 12.5. The van der Waals surface area contributed by atoms with Crippen molar-refractivity contribution in [3.05, 3.63) is 72.1 Å². The van der Waals surface area contributed by atoms with Crippen LogP contribution in [-0.4, -0.2) is 87.4 Å². The maximum atomic E-state index is 13.9. The molecule has 0 radical (unpaired) electrons. The number of nitrogens with zero attached hydrogens (tertiary/aromatic N) is 1. The summed E-state index contributed by atoms with van der Waals surface area (Å²) in [6.07, 6.45) is 6.31. The summed E-state index contributed by atoms with van der Waals surface area (Å²) in [7, 11) is 0. The minimum Gasteiger partial charge on any atom is -0.480 e. The summed E-state index contributed by atoms with van der Waals surface area (Å²) in [5.41, 5.74) is 20.2. The first-order valence-corrected chi connectivity index (χ1v) is 17.0. The molecule has 14 nitrogen and oxygen atoms in total. The standard InChI is InChI=1S/C33H43N9O5S/c1-48-14-12-23(34)29(43)41-27(15-19-17-38-24-9-4-2-7-21(19)24)31(45)40-26(11-6-13-37-33(35)36)30(44)42-28(32(46)47)16-20-18-39-25-10-5-3-8-22(20)25/h2-5,7-10,17-18,23,26-28,38-39H,6,11-16,34H2,1H3,(H,40,45)(H,41,43)(H,42,44)(H,46,47)(H4,35,36,37)/t23-,26-,27-,28-/m0/s1. The number of aromatic amines is 2. The van der Waals surface area contributed by atoms with Crippen molar-refractivity contribution in [2.75, 3.05) is 18.6 Å². The molecule has 4 rings (SSSR count). The number of aromatic nitrogens is 2. The van der Waals surface area contributed by atoms with Gasteiger partial charge >= 0.3 is 5.97 Å². The minimum absolute atomic E-state index is 0.00688. The Hall–Kier alpha value is -5.02. The van der Waals surface area contributed by atoms with Crippen LogP contribution in [0.5, 0.6) is 0 Å². The fourth-order valence-corrected chi connectivity index (χ4v) is 5.91. The molecule has 256 valence electrons. The number of carbonyl (C=O) groups excluding carboxylic acids is 3. The minimum atomic E-state index is -1.29. The van der Waals surface area contributed by atoms with Gasteiger partial charge in [-0.15, -0.1) is 0 Å². The Morgan fingerprint density at radius 1 is 0.792 bits per heavy atom.